The van der Waals surface area contributed by atoms with Gasteiger partial charge in [0.1, 0.15) is 23.4 Å². The van der Waals surface area contributed by atoms with Gasteiger partial charge in [-0.05, 0) is 23.8 Å². The van der Waals surface area contributed by atoms with Crippen molar-refractivity contribution in [2.24, 2.45) is 0 Å². The molecule has 5 heterocycles. The Morgan fingerprint density at radius 2 is 2.09 bits per heavy atom. The van der Waals surface area contributed by atoms with Crippen LogP contribution in [0.25, 0.3) is 11.4 Å². The maximum Gasteiger partial charge on any atom is 0.322 e. The molecule has 2 aromatic heterocycles. The summed E-state index contributed by atoms with van der Waals surface area (Å²) >= 11 is 0. The van der Waals surface area contributed by atoms with Gasteiger partial charge in [-0.3, -0.25) is 19.9 Å². The normalized spacial score (nSPS) is 24.6. The molecular weight excluding hydrogens is 452 g/mol. The second kappa shape index (κ2) is 7.55. The summed E-state index contributed by atoms with van der Waals surface area (Å²) in [5.41, 5.74) is 1.24. The average molecular weight is 474 g/mol. The Kier molecular flexibility index (Phi) is 4.56. The molecule has 0 bridgehead atoms. The number of fused-ring (bicyclic) bond motifs is 2. The number of rotatable bonds is 5. The van der Waals surface area contributed by atoms with Crippen LogP contribution in [-0.4, -0.2) is 63.0 Å². The quantitative estimate of drug-likeness (QED) is 0.477. The van der Waals surface area contributed by atoms with E-state index in [9.17, 15) is 14.4 Å². The second-order valence-corrected chi connectivity index (χ2v) is 8.94. The lowest BCUT2D eigenvalue weighted by Crippen LogP contribution is -2.64. The van der Waals surface area contributed by atoms with Gasteiger partial charge in [0.25, 0.3) is 11.8 Å². The van der Waals surface area contributed by atoms with Crippen molar-refractivity contribution in [2.75, 3.05) is 13.7 Å². The predicted octanol–water partition coefficient (Wildman–Crippen LogP) is 1.58. The van der Waals surface area contributed by atoms with Gasteiger partial charge in [0.2, 0.25) is 0 Å². The van der Waals surface area contributed by atoms with Gasteiger partial charge in [-0.25, -0.2) is 9.78 Å². The van der Waals surface area contributed by atoms with Crippen molar-refractivity contribution in [1.82, 2.24) is 30.5 Å². The van der Waals surface area contributed by atoms with E-state index in [2.05, 4.69) is 25.6 Å². The fourth-order valence-electron chi connectivity index (χ4n) is 5.16. The molecule has 3 N–H and O–H groups in total. The average Bonchev–Trinajstić information content (AvgIpc) is 3.62. The Labute approximate surface area is 199 Å². The highest BCUT2D eigenvalue weighted by molar-refractivity contribution is 6.08. The van der Waals surface area contributed by atoms with Crippen molar-refractivity contribution < 1.29 is 23.9 Å². The predicted molar refractivity (Wildman–Crippen MR) is 122 cm³/mol. The number of pyridine rings is 1. The van der Waals surface area contributed by atoms with Crippen molar-refractivity contribution in [1.29, 1.82) is 0 Å². The third-order valence-corrected chi connectivity index (χ3v) is 6.88. The van der Waals surface area contributed by atoms with Crippen molar-refractivity contribution in [2.45, 2.75) is 31.0 Å². The second-order valence-electron chi connectivity index (χ2n) is 8.94. The number of hydrogen-bond donors (Lipinski definition) is 3. The number of nitrogens with one attached hydrogen (secondary N) is 3. The molecule has 178 valence electrons. The molecule has 3 aliphatic heterocycles. The third-order valence-electron chi connectivity index (χ3n) is 6.88. The molecule has 0 saturated carbocycles. The molecular formula is C24H22N6O5. The summed E-state index contributed by atoms with van der Waals surface area (Å²) in [7, 11) is 1.54. The number of hydrogen-bond acceptors (Lipinski definition) is 7. The van der Waals surface area contributed by atoms with Crippen molar-refractivity contribution in [3.05, 3.63) is 59.7 Å². The molecule has 1 aromatic carbocycles. The lowest BCUT2D eigenvalue weighted by atomic mass is 9.83. The number of imide groups is 1. The summed E-state index contributed by atoms with van der Waals surface area (Å²) in [6.07, 6.45) is 4.26. The largest absolute Gasteiger partial charge is 0.497 e. The van der Waals surface area contributed by atoms with Gasteiger partial charge in [-0.15, -0.1) is 0 Å². The molecule has 11 nitrogen and oxygen atoms in total. The summed E-state index contributed by atoms with van der Waals surface area (Å²) in [5, 5.41) is 5.11. The van der Waals surface area contributed by atoms with Gasteiger partial charge in [0.05, 0.1) is 19.3 Å². The Morgan fingerprint density at radius 1 is 1.23 bits per heavy atom. The number of nitrogens with zero attached hydrogens (tertiary/aromatic N) is 3. The van der Waals surface area contributed by atoms with Gasteiger partial charge < -0.3 is 24.7 Å². The Bertz CT molecular complexity index is 1370. The van der Waals surface area contributed by atoms with Crippen LogP contribution in [0.2, 0.25) is 0 Å². The minimum Gasteiger partial charge on any atom is -0.497 e. The van der Waals surface area contributed by atoms with Crippen LogP contribution in [0.5, 0.6) is 11.5 Å². The van der Waals surface area contributed by atoms with Gasteiger partial charge in [0.15, 0.2) is 5.54 Å². The molecule has 4 amide bonds. The molecule has 35 heavy (non-hydrogen) atoms. The van der Waals surface area contributed by atoms with Gasteiger partial charge in [0, 0.05) is 42.2 Å². The molecule has 0 radical (unpaired) electrons. The molecule has 3 unspecified atom stereocenters. The summed E-state index contributed by atoms with van der Waals surface area (Å²) < 4.78 is 11.5. The van der Waals surface area contributed by atoms with Crippen LogP contribution in [0.15, 0.2) is 42.9 Å². The van der Waals surface area contributed by atoms with E-state index < -0.39 is 23.6 Å². The van der Waals surface area contributed by atoms with E-state index in [1.165, 1.54) is 7.11 Å². The van der Waals surface area contributed by atoms with E-state index in [1.54, 1.807) is 35.6 Å². The molecule has 0 spiro atoms. The van der Waals surface area contributed by atoms with Crippen LogP contribution in [0.3, 0.4) is 0 Å². The van der Waals surface area contributed by atoms with Gasteiger partial charge >= 0.3 is 6.03 Å². The maximum absolute atomic E-state index is 13.2. The number of benzene rings is 1. The summed E-state index contributed by atoms with van der Waals surface area (Å²) in [4.78, 5) is 52.2. The lowest BCUT2D eigenvalue weighted by Gasteiger charge is -2.36. The minimum absolute atomic E-state index is 0.0611. The fourth-order valence-corrected chi connectivity index (χ4v) is 5.16. The topological polar surface area (TPSA) is 139 Å². The molecule has 1 saturated heterocycles. The minimum atomic E-state index is -1.50. The highest BCUT2D eigenvalue weighted by Gasteiger charge is 2.59. The number of amides is 4. The number of carbonyl (C=O) groups is 3. The number of aromatic amines is 1. The number of aromatic nitrogens is 3. The maximum atomic E-state index is 13.2. The van der Waals surface area contributed by atoms with Crippen molar-refractivity contribution >= 4 is 17.8 Å². The lowest BCUT2D eigenvalue weighted by molar-refractivity contribution is -0.128. The van der Waals surface area contributed by atoms with E-state index in [0.717, 1.165) is 11.1 Å². The van der Waals surface area contributed by atoms with Gasteiger partial charge in [-0.2, -0.15) is 0 Å². The van der Waals surface area contributed by atoms with E-state index in [-0.39, 0.29) is 18.4 Å². The fraction of sp³-hybridized carbons (Fsp3) is 0.292. The number of H-pyrrole nitrogens is 1. The monoisotopic (exact) mass is 474 g/mol. The third kappa shape index (κ3) is 3.15. The number of carbonyl (C=O) groups excluding carboxylic acids is 3. The Morgan fingerprint density at radius 3 is 2.80 bits per heavy atom. The van der Waals surface area contributed by atoms with Crippen LogP contribution in [-0.2, 0) is 11.3 Å². The van der Waals surface area contributed by atoms with Crippen LogP contribution < -0.4 is 20.1 Å². The molecule has 11 heteroatoms. The first-order chi connectivity index (χ1) is 16.9. The first kappa shape index (κ1) is 21.1. The first-order valence-corrected chi connectivity index (χ1v) is 11.2. The Balaban J connectivity index is 1.33. The van der Waals surface area contributed by atoms with E-state index in [4.69, 9.17) is 9.47 Å². The standard InChI is InChI=1S/C24H22N6O5/c1-12-18-17(7-14(9-27-18)20-25-5-6-26-20)35-19(12)24(22(32)28-23(33)29-24)11-30-10-13-3-4-15(34-2)8-16(13)21(30)31/h3-9,12,19H,10-11H2,1-2H3,(H,25,26)(H2,28,29,32,33). The smallest absolute Gasteiger partial charge is 0.322 e. The first-order valence-electron chi connectivity index (χ1n) is 11.2. The number of ether oxygens (including phenoxy) is 2. The van der Waals surface area contributed by atoms with Crippen LogP contribution in [0, 0.1) is 0 Å². The summed E-state index contributed by atoms with van der Waals surface area (Å²) in [6, 6.07) is 6.48. The van der Waals surface area contributed by atoms with Crippen LogP contribution in [0.1, 0.15) is 34.5 Å². The summed E-state index contributed by atoms with van der Waals surface area (Å²) in [6.45, 7) is 2.13. The molecule has 3 atom stereocenters. The molecule has 6 rings (SSSR count). The molecule has 0 aliphatic carbocycles. The molecule has 3 aliphatic rings. The van der Waals surface area contributed by atoms with Gasteiger partial charge in [-0.1, -0.05) is 13.0 Å². The van der Waals surface area contributed by atoms with Crippen molar-refractivity contribution in [3.8, 4) is 22.9 Å². The highest BCUT2D eigenvalue weighted by Crippen LogP contribution is 2.43. The van der Waals surface area contributed by atoms with E-state index in [0.29, 0.717) is 35.1 Å². The highest BCUT2D eigenvalue weighted by atomic mass is 16.5. The van der Waals surface area contributed by atoms with E-state index >= 15 is 0 Å². The zero-order chi connectivity index (χ0) is 24.3. The van der Waals surface area contributed by atoms with E-state index in [1.807, 2.05) is 19.1 Å². The number of imidazole rings is 1. The SMILES string of the molecule is COc1ccc2c(c1)C(=O)N(CC1(C3Oc4cc(-c5ncc[nH]5)cnc4C3C)NC(=O)NC1=O)C2. The van der Waals surface area contributed by atoms with Crippen LogP contribution in [0.4, 0.5) is 4.79 Å². The summed E-state index contributed by atoms with van der Waals surface area (Å²) in [5.74, 6) is 0.596. The zero-order valence-electron chi connectivity index (χ0n) is 19.0. The molecule has 1 fully saturated rings. The van der Waals surface area contributed by atoms with Crippen molar-refractivity contribution in [3.63, 3.8) is 0 Å². The Hall–Kier alpha value is -4.41. The van der Waals surface area contributed by atoms with Crippen LogP contribution >= 0.6 is 0 Å². The molecule has 3 aromatic rings. The zero-order valence-corrected chi connectivity index (χ0v) is 19.0. The number of urea groups is 1. The number of methoxy groups -OCH3 is 1.